The molecule has 0 amide bonds. The molecule has 4 heteroatoms. The van der Waals surface area contributed by atoms with Gasteiger partial charge in [-0.05, 0) is 42.5 Å². The van der Waals surface area contributed by atoms with Crippen LogP contribution in [0.2, 0.25) is 0 Å². The molecule has 1 saturated carbocycles. The van der Waals surface area contributed by atoms with Crippen LogP contribution < -0.4 is 10.6 Å². The molecule has 3 nitrogen and oxygen atoms in total. The number of rotatable bonds is 4. The fourth-order valence-electron chi connectivity index (χ4n) is 2.43. The molecule has 1 aromatic rings. The zero-order chi connectivity index (χ0) is 12.4. The molecule has 0 heterocycles. The van der Waals surface area contributed by atoms with E-state index < -0.39 is 0 Å². The first-order valence-corrected chi connectivity index (χ1v) is 6.77. The summed E-state index contributed by atoms with van der Waals surface area (Å²) in [6.07, 6.45) is 1.78. The Morgan fingerprint density at radius 3 is 2.76 bits per heavy atom. The van der Waals surface area contributed by atoms with E-state index in [9.17, 15) is 5.11 Å². The van der Waals surface area contributed by atoms with Crippen LogP contribution in [0.5, 0.6) is 0 Å². The van der Waals surface area contributed by atoms with E-state index in [0.717, 1.165) is 29.4 Å². The Labute approximate surface area is 111 Å². The van der Waals surface area contributed by atoms with Crippen molar-refractivity contribution < 1.29 is 5.11 Å². The Morgan fingerprint density at radius 1 is 1.47 bits per heavy atom. The molecule has 1 aromatic carbocycles. The van der Waals surface area contributed by atoms with Gasteiger partial charge >= 0.3 is 0 Å². The second-order valence-electron chi connectivity index (χ2n) is 4.85. The van der Waals surface area contributed by atoms with E-state index in [1.165, 1.54) is 5.69 Å². The lowest BCUT2D eigenvalue weighted by Gasteiger charge is -2.35. The number of aliphatic hydroxyl groups is 1. The van der Waals surface area contributed by atoms with E-state index in [0.29, 0.717) is 12.5 Å². The summed E-state index contributed by atoms with van der Waals surface area (Å²) in [6.45, 7) is 1.54. The maximum atomic E-state index is 9.29. The maximum absolute atomic E-state index is 9.29. The summed E-state index contributed by atoms with van der Waals surface area (Å²) in [7, 11) is 2.09. The van der Waals surface area contributed by atoms with Crippen LogP contribution in [0.3, 0.4) is 0 Å². The number of halogens is 1. The lowest BCUT2D eigenvalue weighted by atomic mass is 9.82. The van der Waals surface area contributed by atoms with Gasteiger partial charge in [-0.15, -0.1) is 0 Å². The SMILES string of the molecule is CN(CC1CC(O)C1)c1ccc(Br)cc1CN. The van der Waals surface area contributed by atoms with E-state index in [1.54, 1.807) is 0 Å². The first-order valence-electron chi connectivity index (χ1n) is 5.98. The number of anilines is 1. The van der Waals surface area contributed by atoms with Crippen LogP contribution in [0.15, 0.2) is 22.7 Å². The van der Waals surface area contributed by atoms with Gasteiger partial charge in [0.15, 0.2) is 0 Å². The van der Waals surface area contributed by atoms with Crippen molar-refractivity contribution in [3.05, 3.63) is 28.2 Å². The molecular formula is C13H19BrN2O. The molecule has 0 bridgehead atoms. The third kappa shape index (κ3) is 3.00. The minimum atomic E-state index is -0.0766. The van der Waals surface area contributed by atoms with Crippen molar-refractivity contribution >= 4 is 21.6 Å². The van der Waals surface area contributed by atoms with Gasteiger partial charge in [-0.3, -0.25) is 0 Å². The summed E-state index contributed by atoms with van der Waals surface area (Å²) in [6, 6.07) is 6.21. The number of hydrogen-bond acceptors (Lipinski definition) is 3. The number of hydrogen-bond donors (Lipinski definition) is 2. The smallest absolute Gasteiger partial charge is 0.0546 e. The Morgan fingerprint density at radius 2 is 2.18 bits per heavy atom. The van der Waals surface area contributed by atoms with Crippen molar-refractivity contribution in [2.45, 2.75) is 25.5 Å². The quantitative estimate of drug-likeness (QED) is 0.895. The van der Waals surface area contributed by atoms with Gasteiger partial charge in [0, 0.05) is 30.3 Å². The van der Waals surface area contributed by atoms with Crippen molar-refractivity contribution in [2.24, 2.45) is 11.7 Å². The monoisotopic (exact) mass is 298 g/mol. The summed E-state index contributed by atoms with van der Waals surface area (Å²) < 4.78 is 1.06. The van der Waals surface area contributed by atoms with Crippen molar-refractivity contribution in [1.82, 2.24) is 0 Å². The highest BCUT2D eigenvalue weighted by Crippen LogP contribution is 2.30. The average Bonchev–Trinajstić information content (AvgIpc) is 2.26. The second-order valence-corrected chi connectivity index (χ2v) is 5.76. The van der Waals surface area contributed by atoms with Crippen LogP contribution in [0.4, 0.5) is 5.69 Å². The van der Waals surface area contributed by atoms with Crippen molar-refractivity contribution in [1.29, 1.82) is 0 Å². The summed E-state index contributed by atoms with van der Waals surface area (Å²) in [5.41, 5.74) is 8.12. The van der Waals surface area contributed by atoms with Gasteiger partial charge < -0.3 is 15.7 Å². The largest absolute Gasteiger partial charge is 0.393 e. The van der Waals surface area contributed by atoms with Crippen molar-refractivity contribution in [3.63, 3.8) is 0 Å². The second kappa shape index (κ2) is 5.38. The molecule has 0 spiro atoms. The van der Waals surface area contributed by atoms with Gasteiger partial charge in [0.1, 0.15) is 0 Å². The first kappa shape index (κ1) is 12.9. The van der Waals surface area contributed by atoms with Crippen LogP contribution in [0.1, 0.15) is 18.4 Å². The zero-order valence-corrected chi connectivity index (χ0v) is 11.7. The minimum absolute atomic E-state index is 0.0766. The predicted molar refractivity (Wildman–Crippen MR) is 74.0 cm³/mol. The van der Waals surface area contributed by atoms with Crippen molar-refractivity contribution in [2.75, 3.05) is 18.5 Å². The van der Waals surface area contributed by atoms with Crippen LogP contribution in [0.25, 0.3) is 0 Å². The van der Waals surface area contributed by atoms with E-state index in [4.69, 9.17) is 5.73 Å². The topological polar surface area (TPSA) is 49.5 Å². The highest BCUT2D eigenvalue weighted by atomic mass is 79.9. The molecule has 2 rings (SSSR count). The summed E-state index contributed by atoms with van der Waals surface area (Å²) >= 11 is 3.46. The molecule has 0 aliphatic heterocycles. The molecule has 3 N–H and O–H groups in total. The van der Waals surface area contributed by atoms with Crippen LogP contribution in [0, 0.1) is 5.92 Å². The van der Waals surface area contributed by atoms with E-state index in [-0.39, 0.29) is 6.10 Å². The Bertz CT molecular complexity index is 391. The van der Waals surface area contributed by atoms with Crippen LogP contribution in [-0.2, 0) is 6.54 Å². The third-order valence-electron chi connectivity index (χ3n) is 3.42. The zero-order valence-electron chi connectivity index (χ0n) is 10.1. The van der Waals surface area contributed by atoms with Crippen LogP contribution in [-0.4, -0.2) is 24.8 Å². The molecule has 0 atom stereocenters. The van der Waals surface area contributed by atoms with Gasteiger partial charge in [-0.1, -0.05) is 15.9 Å². The Balaban J connectivity index is 2.05. The summed E-state index contributed by atoms with van der Waals surface area (Å²) in [5.74, 6) is 0.615. The van der Waals surface area contributed by atoms with E-state index in [2.05, 4.69) is 40.0 Å². The normalized spacial score (nSPS) is 23.3. The molecule has 0 unspecified atom stereocenters. The van der Waals surface area contributed by atoms with E-state index >= 15 is 0 Å². The predicted octanol–water partition coefficient (Wildman–Crippen LogP) is 2.11. The minimum Gasteiger partial charge on any atom is -0.393 e. The fourth-order valence-corrected chi connectivity index (χ4v) is 2.83. The number of aliphatic hydroxyl groups excluding tert-OH is 1. The summed E-state index contributed by atoms with van der Waals surface area (Å²) in [5, 5.41) is 9.29. The molecule has 0 radical (unpaired) electrons. The summed E-state index contributed by atoms with van der Waals surface area (Å²) in [4.78, 5) is 2.24. The molecule has 1 fully saturated rings. The van der Waals surface area contributed by atoms with Gasteiger partial charge in [-0.25, -0.2) is 0 Å². The van der Waals surface area contributed by atoms with Crippen LogP contribution >= 0.6 is 15.9 Å². The molecule has 17 heavy (non-hydrogen) atoms. The molecule has 0 aromatic heterocycles. The Kier molecular flexibility index (Phi) is 4.07. The number of nitrogens with two attached hydrogens (primary N) is 1. The standard InChI is InChI=1S/C13H19BrN2O/c1-16(8-9-4-12(17)5-9)13-3-2-11(14)6-10(13)7-15/h2-3,6,9,12,17H,4-5,7-8,15H2,1H3. The first-order chi connectivity index (χ1) is 8.10. The molecule has 0 saturated heterocycles. The highest BCUT2D eigenvalue weighted by Gasteiger charge is 2.28. The van der Waals surface area contributed by atoms with Gasteiger partial charge in [-0.2, -0.15) is 0 Å². The number of nitrogens with zero attached hydrogens (tertiary/aromatic N) is 1. The van der Waals surface area contributed by atoms with Gasteiger partial charge in [0.05, 0.1) is 6.10 Å². The Hall–Kier alpha value is -0.580. The lowest BCUT2D eigenvalue weighted by Crippen LogP contribution is -2.37. The molecule has 1 aliphatic carbocycles. The molecule has 1 aliphatic rings. The highest BCUT2D eigenvalue weighted by molar-refractivity contribution is 9.10. The number of benzene rings is 1. The van der Waals surface area contributed by atoms with Crippen molar-refractivity contribution in [3.8, 4) is 0 Å². The average molecular weight is 299 g/mol. The molecular weight excluding hydrogens is 280 g/mol. The molecule has 94 valence electrons. The fraction of sp³-hybridized carbons (Fsp3) is 0.538. The lowest BCUT2D eigenvalue weighted by molar-refractivity contribution is 0.0464. The van der Waals surface area contributed by atoms with Gasteiger partial charge in [0.25, 0.3) is 0 Å². The third-order valence-corrected chi connectivity index (χ3v) is 3.91. The maximum Gasteiger partial charge on any atom is 0.0546 e. The van der Waals surface area contributed by atoms with Gasteiger partial charge in [0.2, 0.25) is 0 Å². The van der Waals surface area contributed by atoms with E-state index in [1.807, 2.05) is 6.07 Å².